The molecule has 0 N–H and O–H groups in total. The summed E-state index contributed by atoms with van der Waals surface area (Å²) < 4.78 is 56.6. The summed E-state index contributed by atoms with van der Waals surface area (Å²) >= 11 is 9.57. The van der Waals surface area contributed by atoms with Gasteiger partial charge < -0.3 is 14.2 Å². The number of rotatable bonds is 5. The summed E-state index contributed by atoms with van der Waals surface area (Å²) in [5.41, 5.74) is 1.23. The number of carbonyl (C=O) groups excluding carboxylic acids is 1. The van der Waals surface area contributed by atoms with Gasteiger partial charge in [-0.3, -0.25) is 0 Å². The molecule has 0 bridgehead atoms. The van der Waals surface area contributed by atoms with Crippen LogP contribution in [0.25, 0.3) is 6.08 Å². The molecule has 0 radical (unpaired) electrons. The lowest BCUT2D eigenvalue weighted by molar-refractivity contribution is -0.187. The first-order chi connectivity index (χ1) is 14.1. The van der Waals surface area contributed by atoms with Crippen LogP contribution in [0.1, 0.15) is 23.6 Å². The maximum Gasteiger partial charge on any atom is 0.430 e. The van der Waals surface area contributed by atoms with Crippen LogP contribution in [-0.4, -0.2) is 32.0 Å². The van der Waals surface area contributed by atoms with Crippen molar-refractivity contribution >= 4 is 39.6 Å². The van der Waals surface area contributed by atoms with Gasteiger partial charge in [0.2, 0.25) is 6.10 Å². The Labute approximate surface area is 184 Å². The van der Waals surface area contributed by atoms with E-state index >= 15 is 0 Å². The van der Waals surface area contributed by atoms with E-state index in [1.54, 1.807) is 18.2 Å². The van der Waals surface area contributed by atoms with Gasteiger partial charge in [-0.1, -0.05) is 39.7 Å². The number of benzene rings is 2. The van der Waals surface area contributed by atoms with E-state index in [1.807, 2.05) is 6.07 Å². The molecule has 0 amide bonds. The summed E-state index contributed by atoms with van der Waals surface area (Å²) in [7, 11) is 1.49. The largest absolute Gasteiger partial charge is 0.495 e. The van der Waals surface area contributed by atoms with Gasteiger partial charge in [-0.05, 0) is 36.8 Å². The highest BCUT2D eigenvalue weighted by atomic mass is 79.9. The number of fused-ring (bicyclic) bond motifs is 1. The molecule has 1 unspecified atom stereocenters. The standard InChI is InChI=1S/C21H17BrClF3O4/c1-3-29-20(27)15-9-12-5-4-11(7-17(12)30-19(15)21(24,25)26)6-13-8-14(22)10-16(23)18(13)28-2/h4-5,7-10,19H,3,6H2,1-2H3. The molecule has 0 aliphatic carbocycles. The topological polar surface area (TPSA) is 44.8 Å². The number of hydrogen-bond acceptors (Lipinski definition) is 4. The fourth-order valence-electron chi connectivity index (χ4n) is 3.16. The third kappa shape index (κ3) is 4.75. The van der Waals surface area contributed by atoms with Gasteiger partial charge in [-0.2, -0.15) is 13.2 Å². The maximum absolute atomic E-state index is 13.5. The Kier molecular flexibility index (Phi) is 6.67. The minimum absolute atomic E-state index is 0.0305. The number of halogens is 5. The lowest BCUT2D eigenvalue weighted by Gasteiger charge is -2.28. The molecule has 160 valence electrons. The third-order valence-electron chi connectivity index (χ3n) is 4.41. The highest BCUT2D eigenvalue weighted by Crippen LogP contribution is 2.39. The number of hydrogen-bond donors (Lipinski definition) is 0. The van der Waals surface area contributed by atoms with Gasteiger partial charge in [-0.15, -0.1) is 0 Å². The van der Waals surface area contributed by atoms with Gasteiger partial charge in [0.25, 0.3) is 0 Å². The van der Waals surface area contributed by atoms with Crippen molar-refractivity contribution in [3.63, 3.8) is 0 Å². The Bertz CT molecular complexity index is 1000. The zero-order valence-electron chi connectivity index (χ0n) is 16.0. The quantitative estimate of drug-likeness (QED) is 0.470. The molecule has 9 heteroatoms. The molecule has 30 heavy (non-hydrogen) atoms. The average molecular weight is 506 g/mol. The minimum atomic E-state index is -4.77. The molecule has 0 aromatic heterocycles. The van der Waals surface area contributed by atoms with Crippen LogP contribution in [0.15, 0.2) is 40.4 Å². The van der Waals surface area contributed by atoms with Crippen molar-refractivity contribution in [2.45, 2.75) is 25.6 Å². The molecule has 1 heterocycles. The predicted molar refractivity (Wildman–Crippen MR) is 110 cm³/mol. The van der Waals surface area contributed by atoms with Gasteiger partial charge in [0, 0.05) is 22.0 Å². The fourth-order valence-corrected chi connectivity index (χ4v) is 4.11. The summed E-state index contributed by atoms with van der Waals surface area (Å²) in [6.45, 7) is 1.48. The number of ether oxygens (including phenoxy) is 3. The molecule has 2 aromatic carbocycles. The number of methoxy groups -OCH3 is 1. The first kappa shape index (κ1) is 22.5. The van der Waals surface area contributed by atoms with Crippen LogP contribution >= 0.6 is 27.5 Å². The van der Waals surface area contributed by atoms with E-state index in [9.17, 15) is 18.0 Å². The van der Waals surface area contributed by atoms with E-state index in [4.69, 9.17) is 25.8 Å². The van der Waals surface area contributed by atoms with Crippen molar-refractivity contribution in [2.75, 3.05) is 13.7 Å². The zero-order valence-corrected chi connectivity index (χ0v) is 18.3. The van der Waals surface area contributed by atoms with Crippen LogP contribution in [-0.2, 0) is 16.0 Å². The summed E-state index contributed by atoms with van der Waals surface area (Å²) in [6.07, 6.45) is -5.65. The van der Waals surface area contributed by atoms with Crippen LogP contribution in [0.4, 0.5) is 13.2 Å². The van der Waals surface area contributed by atoms with E-state index in [0.29, 0.717) is 28.3 Å². The highest BCUT2D eigenvalue weighted by molar-refractivity contribution is 9.10. The normalized spacial score (nSPS) is 15.7. The maximum atomic E-state index is 13.5. The van der Waals surface area contributed by atoms with E-state index in [0.717, 1.165) is 16.1 Å². The van der Waals surface area contributed by atoms with Gasteiger partial charge in [0.1, 0.15) is 11.5 Å². The van der Waals surface area contributed by atoms with E-state index in [-0.39, 0.29) is 12.4 Å². The number of carbonyl (C=O) groups is 1. The second-order valence-electron chi connectivity index (χ2n) is 6.49. The van der Waals surface area contributed by atoms with Crippen molar-refractivity contribution in [2.24, 2.45) is 0 Å². The Morgan fingerprint density at radius 2 is 2.00 bits per heavy atom. The second kappa shape index (κ2) is 8.89. The highest BCUT2D eigenvalue weighted by Gasteiger charge is 2.48. The van der Waals surface area contributed by atoms with Crippen LogP contribution in [0, 0.1) is 0 Å². The Morgan fingerprint density at radius 1 is 1.27 bits per heavy atom. The minimum Gasteiger partial charge on any atom is -0.495 e. The van der Waals surface area contributed by atoms with E-state index in [2.05, 4.69) is 15.9 Å². The lowest BCUT2D eigenvalue weighted by Crippen LogP contribution is -2.40. The Morgan fingerprint density at radius 3 is 2.63 bits per heavy atom. The monoisotopic (exact) mass is 504 g/mol. The second-order valence-corrected chi connectivity index (χ2v) is 7.81. The molecule has 1 atom stereocenters. The average Bonchev–Trinajstić information content (AvgIpc) is 2.66. The molecule has 0 saturated carbocycles. The molecular weight excluding hydrogens is 489 g/mol. The van der Waals surface area contributed by atoms with Crippen molar-refractivity contribution < 1.29 is 32.2 Å². The van der Waals surface area contributed by atoms with Crippen LogP contribution in [0.5, 0.6) is 11.5 Å². The lowest BCUT2D eigenvalue weighted by atomic mass is 9.97. The van der Waals surface area contributed by atoms with E-state index in [1.165, 1.54) is 20.1 Å². The Balaban J connectivity index is 1.98. The molecular formula is C21H17BrClF3O4. The third-order valence-corrected chi connectivity index (χ3v) is 5.15. The van der Waals surface area contributed by atoms with Gasteiger partial charge in [-0.25, -0.2) is 4.79 Å². The van der Waals surface area contributed by atoms with Crippen molar-refractivity contribution in [3.05, 3.63) is 62.1 Å². The fraction of sp³-hybridized carbons (Fsp3) is 0.286. The van der Waals surface area contributed by atoms with Crippen LogP contribution in [0.3, 0.4) is 0 Å². The SMILES string of the molecule is CCOC(=O)C1=Cc2ccc(Cc3cc(Br)cc(Cl)c3OC)cc2OC1C(F)(F)F. The van der Waals surface area contributed by atoms with Crippen LogP contribution < -0.4 is 9.47 Å². The van der Waals surface area contributed by atoms with Gasteiger partial charge >= 0.3 is 12.1 Å². The van der Waals surface area contributed by atoms with Crippen molar-refractivity contribution in [1.29, 1.82) is 0 Å². The molecule has 2 aromatic rings. The molecule has 1 aliphatic rings. The van der Waals surface area contributed by atoms with Crippen LogP contribution in [0.2, 0.25) is 5.02 Å². The molecule has 3 rings (SSSR count). The summed E-state index contributed by atoms with van der Waals surface area (Å²) in [4.78, 5) is 12.0. The summed E-state index contributed by atoms with van der Waals surface area (Å²) in [5.74, 6) is -0.540. The number of esters is 1. The van der Waals surface area contributed by atoms with Crippen molar-refractivity contribution in [3.8, 4) is 11.5 Å². The Hall–Kier alpha value is -2.19. The molecule has 0 spiro atoms. The number of alkyl halides is 3. The van der Waals surface area contributed by atoms with Gasteiger partial charge in [0.05, 0.1) is 24.3 Å². The summed E-state index contributed by atoms with van der Waals surface area (Å²) in [5, 5.41) is 0.412. The van der Waals surface area contributed by atoms with Gasteiger partial charge in [0.15, 0.2) is 0 Å². The van der Waals surface area contributed by atoms with Crippen molar-refractivity contribution in [1.82, 2.24) is 0 Å². The first-order valence-corrected chi connectivity index (χ1v) is 10.1. The predicted octanol–water partition coefficient (Wildman–Crippen LogP) is 5.97. The smallest absolute Gasteiger partial charge is 0.430 e. The molecule has 4 nitrogen and oxygen atoms in total. The summed E-state index contributed by atoms with van der Waals surface area (Å²) in [6, 6.07) is 8.37. The first-order valence-electron chi connectivity index (χ1n) is 8.91. The molecule has 0 saturated heterocycles. The molecule has 0 fully saturated rings. The molecule has 1 aliphatic heterocycles. The zero-order chi connectivity index (χ0) is 22.1. The van der Waals surface area contributed by atoms with E-state index < -0.39 is 23.8 Å².